The second kappa shape index (κ2) is 3.79. The smallest absolute Gasteiger partial charge is 0.0621 e. The number of nitrogens with zero attached hydrogens (tertiary/aromatic N) is 1. The Labute approximate surface area is 102 Å². The van der Waals surface area contributed by atoms with E-state index in [9.17, 15) is 5.11 Å². The Morgan fingerprint density at radius 3 is 3.00 bits per heavy atom. The lowest BCUT2D eigenvalue weighted by Crippen LogP contribution is -2.60. The molecule has 0 aliphatic heterocycles. The van der Waals surface area contributed by atoms with Gasteiger partial charge >= 0.3 is 0 Å². The van der Waals surface area contributed by atoms with Crippen molar-refractivity contribution < 1.29 is 5.11 Å². The Bertz CT molecular complexity index is 430. The zero-order valence-electron chi connectivity index (χ0n) is 10.5. The highest BCUT2D eigenvalue weighted by Gasteiger charge is 2.48. The third-order valence-electron chi connectivity index (χ3n) is 4.58. The van der Waals surface area contributed by atoms with Crippen LogP contribution in [0.25, 0.3) is 0 Å². The Balaban J connectivity index is 1.73. The van der Waals surface area contributed by atoms with Gasteiger partial charge in [-0.15, -0.1) is 0 Å². The van der Waals surface area contributed by atoms with E-state index in [1.54, 1.807) is 0 Å². The first-order valence-electron chi connectivity index (χ1n) is 6.47. The van der Waals surface area contributed by atoms with Crippen LogP contribution in [0.15, 0.2) is 18.3 Å². The molecule has 0 aromatic carbocycles. The molecule has 0 bridgehead atoms. The van der Waals surface area contributed by atoms with Crippen LogP contribution in [0.2, 0.25) is 0 Å². The van der Waals surface area contributed by atoms with Crippen molar-refractivity contribution >= 4 is 0 Å². The van der Waals surface area contributed by atoms with E-state index >= 15 is 0 Å². The van der Waals surface area contributed by atoms with Gasteiger partial charge in [0.25, 0.3) is 0 Å². The number of nitrogens with one attached hydrogen (secondary N) is 1. The average Bonchev–Trinajstić information content (AvgIpc) is 2.72. The molecule has 3 unspecified atom stereocenters. The average molecular weight is 232 g/mol. The van der Waals surface area contributed by atoms with Gasteiger partial charge in [-0.3, -0.25) is 4.98 Å². The second-order valence-electron chi connectivity index (χ2n) is 5.93. The molecule has 17 heavy (non-hydrogen) atoms. The molecular formula is C14H20N2O. The molecule has 2 aliphatic rings. The lowest BCUT2D eigenvalue weighted by molar-refractivity contribution is -0.0761. The van der Waals surface area contributed by atoms with Crippen LogP contribution in [0.1, 0.15) is 44.0 Å². The molecule has 1 saturated carbocycles. The SMILES string of the molecule is CC1(C)C(O)CC1NC1CCc2cccnc21. The Kier molecular flexibility index (Phi) is 2.49. The van der Waals surface area contributed by atoms with Crippen molar-refractivity contribution in [3.05, 3.63) is 29.6 Å². The van der Waals surface area contributed by atoms with Gasteiger partial charge in [-0.1, -0.05) is 19.9 Å². The fourth-order valence-electron chi connectivity index (χ4n) is 3.00. The number of fused-ring (bicyclic) bond motifs is 1. The van der Waals surface area contributed by atoms with Gasteiger partial charge < -0.3 is 10.4 Å². The minimum Gasteiger partial charge on any atom is -0.392 e. The highest BCUT2D eigenvalue weighted by atomic mass is 16.3. The van der Waals surface area contributed by atoms with E-state index in [1.807, 2.05) is 12.3 Å². The molecule has 0 radical (unpaired) electrons. The quantitative estimate of drug-likeness (QED) is 0.817. The summed E-state index contributed by atoms with van der Waals surface area (Å²) in [5.41, 5.74) is 2.59. The van der Waals surface area contributed by atoms with Gasteiger partial charge in [-0.25, -0.2) is 0 Å². The predicted molar refractivity (Wildman–Crippen MR) is 66.6 cm³/mol. The molecule has 1 aromatic heterocycles. The summed E-state index contributed by atoms with van der Waals surface area (Å²) in [5.74, 6) is 0. The molecule has 3 heteroatoms. The van der Waals surface area contributed by atoms with E-state index in [0.29, 0.717) is 12.1 Å². The normalized spacial score (nSPS) is 34.2. The van der Waals surface area contributed by atoms with Gasteiger partial charge in [0.15, 0.2) is 0 Å². The molecule has 0 saturated heterocycles. The minimum absolute atomic E-state index is 0.00245. The summed E-state index contributed by atoms with van der Waals surface area (Å²) in [6.07, 6.45) is 4.83. The van der Waals surface area contributed by atoms with Crippen molar-refractivity contribution in [1.82, 2.24) is 10.3 Å². The third-order valence-corrected chi connectivity index (χ3v) is 4.58. The van der Waals surface area contributed by atoms with Gasteiger partial charge in [0, 0.05) is 17.7 Å². The number of rotatable bonds is 2. The van der Waals surface area contributed by atoms with Gasteiger partial charge in [0.2, 0.25) is 0 Å². The van der Waals surface area contributed by atoms with Gasteiger partial charge in [-0.05, 0) is 30.9 Å². The fourth-order valence-corrected chi connectivity index (χ4v) is 3.00. The van der Waals surface area contributed by atoms with Crippen LogP contribution in [0, 0.1) is 5.41 Å². The predicted octanol–water partition coefficient (Wildman–Crippen LogP) is 1.82. The number of pyridine rings is 1. The third kappa shape index (κ3) is 1.69. The van der Waals surface area contributed by atoms with E-state index in [1.165, 1.54) is 11.3 Å². The van der Waals surface area contributed by atoms with Crippen LogP contribution in [-0.2, 0) is 6.42 Å². The monoisotopic (exact) mass is 232 g/mol. The molecule has 2 N–H and O–H groups in total. The molecule has 92 valence electrons. The van der Waals surface area contributed by atoms with E-state index in [2.05, 4.69) is 30.2 Å². The molecule has 0 spiro atoms. The molecule has 3 nitrogen and oxygen atoms in total. The minimum atomic E-state index is -0.162. The fraction of sp³-hybridized carbons (Fsp3) is 0.643. The van der Waals surface area contributed by atoms with Crippen molar-refractivity contribution in [2.45, 2.75) is 51.3 Å². The van der Waals surface area contributed by atoms with Crippen LogP contribution >= 0.6 is 0 Å². The van der Waals surface area contributed by atoms with E-state index in [-0.39, 0.29) is 11.5 Å². The van der Waals surface area contributed by atoms with E-state index in [0.717, 1.165) is 19.3 Å². The molecule has 1 fully saturated rings. The van der Waals surface area contributed by atoms with Gasteiger partial charge in [-0.2, -0.15) is 0 Å². The number of aromatic nitrogens is 1. The molecule has 0 amide bonds. The molecule has 1 aromatic rings. The lowest BCUT2D eigenvalue weighted by Gasteiger charge is -2.50. The topological polar surface area (TPSA) is 45.1 Å². The lowest BCUT2D eigenvalue weighted by atomic mass is 9.64. The molecule has 2 aliphatic carbocycles. The maximum Gasteiger partial charge on any atom is 0.0621 e. The first-order chi connectivity index (χ1) is 8.09. The summed E-state index contributed by atoms with van der Waals surface area (Å²) in [4.78, 5) is 4.49. The molecular weight excluding hydrogens is 212 g/mol. The molecule has 3 rings (SSSR count). The Morgan fingerprint density at radius 1 is 1.47 bits per heavy atom. The van der Waals surface area contributed by atoms with Crippen molar-refractivity contribution in [3.8, 4) is 0 Å². The van der Waals surface area contributed by atoms with Crippen molar-refractivity contribution in [2.24, 2.45) is 5.41 Å². The number of hydrogen-bond acceptors (Lipinski definition) is 3. The van der Waals surface area contributed by atoms with Gasteiger partial charge in [0.05, 0.1) is 17.8 Å². The van der Waals surface area contributed by atoms with Crippen LogP contribution < -0.4 is 5.32 Å². The largest absolute Gasteiger partial charge is 0.392 e. The Hall–Kier alpha value is -0.930. The van der Waals surface area contributed by atoms with Crippen LogP contribution in [-0.4, -0.2) is 22.2 Å². The van der Waals surface area contributed by atoms with E-state index in [4.69, 9.17) is 0 Å². The number of aliphatic hydroxyl groups excluding tert-OH is 1. The summed E-state index contributed by atoms with van der Waals surface area (Å²) < 4.78 is 0. The number of aryl methyl sites for hydroxylation is 1. The maximum absolute atomic E-state index is 9.76. The highest BCUT2D eigenvalue weighted by molar-refractivity contribution is 5.28. The first kappa shape index (κ1) is 11.2. The van der Waals surface area contributed by atoms with Crippen LogP contribution in [0.5, 0.6) is 0 Å². The van der Waals surface area contributed by atoms with Crippen molar-refractivity contribution in [1.29, 1.82) is 0 Å². The van der Waals surface area contributed by atoms with Gasteiger partial charge in [0.1, 0.15) is 0 Å². The number of hydrogen-bond donors (Lipinski definition) is 2. The van der Waals surface area contributed by atoms with Crippen molar-refractivity contribution in [2.75, 3.05) is 0 Å². The van der Waals surface area contributed by atoms with Crippen LogP contribution in [0.3, 0.4) is 0 Å². The van der Waals surface area contributed by atoms with Crippen LogP contribution in [0.4, 0.5) is 0 Å². The summed E-state index contributed by atoms with van der Waals surface area (Å²) in [5, 5.41) is 13.4. The maximum atomic E-state index is 9.76. The summed E-state index contributed by atoms with van der Waals surface area (Å²) in [7, 11) is 0. The molecule has 3 atom stereocenters. The number of aliphatic hydroxyl groups is 1. The zero-order valence-corrected chi connectivity index (χ0v) is 10.5. The summed E-state index contributed by atoms with van der Waals surface area (Å²) in [6, 6.07) is 4.97. The standard InChI is InChI=1S/C14H20N2O/c1-14(2)11(8-12(14)17)16-10-6-5-9-4-3-7-15-13(9)10/h3-4,7,10-12,16-17H,5-6,8H2,1-2H3. The Morgan fingerprint density at radius 2 is 2.29 bits per heavy atom. The first-order valence-corrected chi connectivity index (χ1v) is 6.47. The highest BCUT2D eigenvalue weighted by Crippen LogP contribution is 2.42. The van der Waals surface area contributed by atoms with E-state index < -0.39 is 0 Å². The molecule has 1 heterocycles. The summed E-state index contributed by atoms with van der Waals surface area (Å²) in [6.45, 7) is 4.26. The zero-order chi connectivity index (χ0) is 12.0. The summed E-state index contributed by atoms with van der Waals surface area (Å²) >= 11 is 0. The van der Waals surface area contributed by atoms with Crippen molar-refractivity contribution in [3.63, 3.8) is 0 Å². The second-order valence-corrected chi connectivity index (χ2v) is 5.93.